The molecule has 126 valence electrons. The molecule has 0 saturated carbocycles. The van der Waals surface area contributed by atoms with Crippen molar-refractivity contribution in [1.82, 2.24) is 20.4 Å². The number of aryl methyl sites for hydroxylation is 1. The summed E-state index contributed by atoms with van der Waals surface area (Å²) in [6.07, 6.45) is 0. The summed E-state index contributed by atoms with van der Waals surface area (Å²) in [5, 5.41) is 6.55. The average Bonchev–Trinajstić information content (AvgIpc) is 3.08. The largest absolute Gasteiger partial charge is 0.382 e. The molecule has 0 spiro atoms. The highest BCUT2D eigenvalue weighted by atomic mass is 16.5. The minimum absolute atomic E-state index is 0.0805. The smallest absolute Gasteiger partial charge is 0.325 e. The molecular formula is C16H18N4O4. The fourth-order valence-corrected chi connectivity index (χ4v) is 2.66. The summed E-state index contributed by atoms with van der Waals surface area (Å²) in [4.78, 5) is 29.8. The second kappa shape index (κ2) is 6.04. The van der Waals surface area contributed by atoms with E-state index >= 15 is 0 Å². The van der Waals surface area contributed by atoms with Gasteiger partial charge in [-0.1, -0.05) is 29.4 Å². The number of benzene rings is 1. The fourth-order valence-electron chi connectivity index (χ4n) is 2.66. The monoisotopic (exact) mass is 330 g/mol. The minimum Gasteiger partial charge on any atom is -0.382 e. The van der Waals surface area contributed by atoms with Gasteiger partial charge < -0.3 is 14.6 Å². The van der Waals surface area contributed by atoms with Crippen molar-refractivity contribution >= 4 is 11.9 Å². The lowest BCUT2D eigenvalue weighted by Gasteiger charge is -2.19. The number of hydrogen-bond acceptors (Lipinski definition) is 6. The van der Waals surface area contributed by atoms with Crippen molar-refractivity contribution in [3.63, 3.8) is 0 Å². The van der Waals surface area contributed by atoms with E-state index in [1.54, 1.807) is 6.92 Å². The summed E-state index contributed by atoms with van der Waals surface area (Å²) in [6, 6.07) is 7.12. The van der Waals surface area contributed by atoms with Crippen molar-refractivity contribution in [3.8, 4) is 11.4 Å². The van der Waals surface area contributed by atoms with Crippen LogP contribution in [0.15, 0.2) is 28.8 Å². The second-order valence-corrected chi connectivity index (χ2v) is 5.91. The number of carbonyl (C=O) groups excluding carboxylic acids is 2. The lowest BCUT2D eigenvalue weighted by molar-refractivity contribution is -0.133. The van der Waals surface area contributed by atoms with E-state index < -0.39 is 11.6 Å². The zero-order valence-corrected chi connectivity index (χ0v) is 13.7. The molecule has 1 fully saturated rings. The average molecular weight is 330 g/mol. The van der Waals surface area contributed by atoms with Gasteiger partial charge in [0, 0.05) is 12.7 Å². The van der Waals surface area contributed by atoms with Gasteiger partial charge >= 0.3 is 6.03 Å². The summed E-state index contributed by atoms with van der Waals surface area (Å²) >= 11 is 0. The SMILES string of the molecule is COC[C@@]1(C)NC(=O)N(Cc2nc(-c3ccccc3C)no2)C1=O. The highest BCUT2D eigenvalue weighted by Crippen LogP contribution is 2.23. The molecule has 0 aliphatic carbocycles. The van der Waals surface area contributed by atoms with Crippen LogP contribution < -0.4 is 5.32 Å². The van der Waals surface area contributed by atoms with E-state index in [1.807, 2.05) is 31.2 Å². The summed E-state index contributed by atoms with van der Waals surface area (Å²) in [7, 11) is 1.47. The molecule has 1 aromatic heterocycles. The third-order valence-corrected chi connectivity index (χ3v) is 3.93. The van der Waals surface area contributed by atoms with Crippen LogP contribution in [0.2, 0.25) is 0 Å². The Morgan fingerprint density at radius 3 is 2.79 bits per heavy atom. The molecule has 1 saturated heterocycles. The van der Waals surface area contributed by atoms with Gasteiger partial charge in [-0.3, -0.25) is 9.69 Å². The first kappa shape index (κ1) is 16.1. The number of amides is 3. The molecule has 3 rings (SSSR count). The van der Waals surface area contributed by atoms with Crippen molar-refractivity contribution in [1.29, 1.82) is 0 Å². The topological polar surface area (TPSA) is 97.6 Å². The van der Waals surface area contributed by atoms with Crippen LogP contribution in [0.4, 0.5) is 4.79 Å². The van der Waals surface area contributed by atoms with E-state index in [-0.39, 0.29) is 24.9 Å². The van der Waals surface area contributed by atoms with Crippen molar-refractivity contribution in [2.24, 2.45) is 0 Å². The number of carbonyl (C=O) groups is 2. The number of urea groups is 1. The molecule has 8 heteroatoms. The summed E-state index contributed by atoms with van der Waals surface area (Å²) in [5.41, 5.74) is 0.770. The van der Waals surface area contributed by atoms with E-state index in [0.29, 0.717) is 5.82 Å². The Morgan fingerprint density at radius 1 is 1.33 bits per heavy atom. The number of ether oxygens (including phenoxy) is 1. The highest BCUT2D eigenvalue weighted by Gasteiger charge is 2.48. The van der Waals surface area contributed by atoms with Crippen LogP contribution in [0.1, 0.15) is 18.4 Å². The van der Waals surface area contributed by atoms with Crippen LogP contribution in [-0.2, 0) is 16.1 Å². The highest BCUT2D eigenvalue weighted by molar-refractivity contribution is 6.06. The Bertz CT molecular complexity index is 788. The van der Waals surface area contributed by atoms with Crippen LogP contribution in [0, 0.1) is 6.92 Å². The van der Waals surface area contributed by atoms with Crippen LogP contribution >= 0.6 is 0 Å². The van der Waals surface area contributed by atoms with Crippen LogP contribution in [0.25, 0.3) is 11.4 Å². The fraction of sp³-hybridized carbons (Fsp3) is 0.375. The van der Waals surface area contributed by atoms with Crippen LogP contribution in [0.3, 0.4) is 0 Å². The molecule has 24 heavy (non-hydrogen) atoms. The lowest BCUT2D eigenvalue weighted by atomic mass is 10.0. The van der Waals surface area contributed by atoms with Gasteiger partial charge in [-0.2, -0.15) is 4.98 Å². The van der Waals surface area contributed by atoms with E-state index in [9.17, 15) is 9.59 Å². The van der Waals surface area contributed by atoms with Crippen molar-refractivity contribution < 1.29 is 18.8 Å². The first-order valence-electron chi connectivity index (χ1n) is 7.46. The van der Waals surface area contributed by atoms with Crippen molar-refractivity contribution in [2.45, 2.75) is 25.9 Å². The first-order chi connectivity index (χ1) is 11.4. The molecular weight excluding hydrogens is 312 g/mol. The zero-order chi connectivity index (χ0) is 17.3. The molecule has 3 amide bonds. The molecule has 1 aliphatic rings. The molecule has 0 bridgehead atoms. The standard InChI is InChI=1S/C16H18N4O4/c1-10-6-4-5-7-11(10)13-17-12(24-19-13)8-20-14(21)16(2,9-23-3)18-15(20)22/h4-7H,8-9H2,1-3H3,(H,18,22)/t16-/m1/s1. The van der Waals surface area contributed by atoms with Gasteiger partial charge in [-0.05, 0) is 19.4 Å². The van der Waals surface area contributed by atoms with Crippen molar-refractivity contribution in [2.75, 3.05) is 13.7 Å². The van der Waals surface area contributed by atoms with Gasteiger partial charge in [0.25, 0.3) is 5.91 Å². The molecule has 1 aliphatic heterocycles. The Balaban J connectivity index is 1.79. The van der Waals surface area contributed by atoms with Crippen LogP contribution in [0.5, 0.6) is 0 Å². The molecule has 2 heterocycles. The number of aromatic nitrogens is 2. The number of methoxy groups -OCH3 is 1. The Labute approximate surface area is 138 Å². The van der Waals surface area contributed by atoms with Gasteiger partial charge in [0.05, 0.1) is 6.61 Å². The normalized spacial score (nSPS) is 20.5. The van der Waals surface area contributed by atoms with Gasteiger partial charge in [0.2, 0.25) is 11.7 Å². The molecule has 0 unspecified atom stereocenters. The second-order valence-electron chi connectivity index (χ2n) is 5.91. The third-order valence-electron chi connectivity index (χ3n) is 3.93. The Hall–Kier alpha value is -2.74. The Kier molecular flexibility index (Phi) is 4.06. The van der Waals surface area contributed by atoms with E-state index in [1.165, 1.54) is 7.11 Å². The lowest BCUT2D eigenvalue weighted by Crippen LogP contribution is -2.47. The maximum atomic E-state index is 12.4. The summed E-state index contributed by atoms with van der Waals surface area (Å²) in [5.74, 6) is 0.234. The minimum atomic E-state index is -1.08. The van der Waals surface area contributed by atoms with Gasteiger partial charge in [-0.25, -0.2) is 4.79 Å². The maximum Gasteiger partial charge on any atom is 0.325 e. The van der Waals surface area contributed by atoms with Gasteiger partial charge in [0.15, 0.2) is 0 Å². The number of imide groups is 1. The van der Waals surface area contributed by atoms with E-state index in [4.69, 9.17) is 9.26 Å². The first-order valence-corrected chi connectivity index (χ1v) is 7.46. The van der Waals surface area contributed by atoms with E-state index in [0.717, 1.165) is 16.0 Å². The molecule has 2 aromatic rings. The Morgan fingerprint density at radius 2 is 2.08 bits per heavy atom. The van der Waals surface area contributed by atoms with E-state index in [2.05, 4.69) is 15.5 Å². The maximum absolute atomic E-state index is 12.4. The molecule has 0 radical (unpaired) electrons. The van der Waals surface area contributed by atoms with Crippen LogP contribution in [-0.4, -0.2) is 46.2 Å². The van der Waals surface area contributed by atoms with Crippen molar-refractivity contribution in [3.05, 3.63) is 35.7 Å². The predicted octanol–water partition coefficient (Wildman–Crippen LogP) is 1.50. The number of nitrogens with zero attached hydrogens (tertiary/aromatic N) is 3. The van der Waals surface area contributed by atoms with Gasteiger partial charge in [-0.15, -0.1) is 0 Å². The number of rotatable bonds is 5. The molecule has 1 atom stereocenters. The molecule has 1 N–H and O–H groups in total. The summed E-state index contributed by atoms with van der Waals surface area (Å²) < 4.78 is 10.2. The molecule has 1 aromatic carbocycles. The number of hydrogen-bond donors (Lipinski definition) is 1. The predicted molar refractivity (Wildman–Crippen MR) is 83.8 cm³/mol. The quantitative estimate of drug-likeness (QED) is 0.834. The summed E-state index contributed by atoms with van der Waals surface area (Å²) in [6.45, 7) is 3.57. The van der Waals surface area contributed by atoms with Gasteiger partial charge in [0.1, 0.15) is 12.1 Å². The third kappa shape index (κ3) is 2.76. The molecule has 8 nitrogen and oxygen atoms in total. The zero-order valence-electron chi connectivity index (χ0n) is 13.7. The number of nitrogens with one attached hydrogen (secondary N) is 1.